The van der Waals surface area contributed by atoms with E-state index in [1.807, 2.05) is 4.90 Å². The number of rotatable bonds is 6. The Kier molecular flexibility index (Phi) is 6.84. The molecule has 28 heavy (non-hydrogen) atoms. The highest BCUT2D eigenvalue weighted by molar-refractivity contribution is 5.79. The van der Waals surface area contributed by atoms with E-state index in [2.05, 4.69) is 5.32 Å². The number of benzene rings is 1. The summed E-state index contributed by atoms with van der Waals surface area (Å²) in [6, 6.07) is 5.67. The fraction of sp³-hybridized carbons (Fsp3) is 0.600. The van der Waals surface area contributed by atoms with Crippen LogP contribution in [0, 0.1) is 16.0 Å². The van der Waals surface area contributed by atoms with Crippen molar-refractivity contribution >= 4 is 17.5 Å². The highest BCUT2D eigenvalue weighted by Crippen LogP contribution is 2.26. The lowest BCUT2D eigenvalue weighted by molar-refractivity contribution is -0.384. The van der Waals surface area contributed by atoms with Crippen LogP contribution in [0.3, 0.4) is 0 Å². The van der Waals surface area contributed by atoms with Gasteiger partial charge in [-0.3, -0.25) is 19.7 Å². The van der Waals surface area contributed by atoms with Crippen LogP contribution in [0.1, 0.15) is 44.9 Å². The molecule has 1 N–H and O–H groups in total. The molecule has 152 valence electrons. The molecule has 0 atom stereocenters. The number of amides is 2. The fourth-order valence-electron chi connectivity index (χ4n) is 3.93. The maximum Gasteiger partial charge on any atom is 0.269 e. The number of hydrogen-bond donors (Lipinski definition) is 1. The van der Waals surface area contributed by atoms with Crippen molar-refractivity contribution < 1.29 is 19.2 Å². The number of likely N-dealkylation sites (tertiary alicyclic amines) is 1. The summed E-state index contributed by atoms with van der Waals surface area (Å²) in [7, 11) is 0. The molecule has 1 aliphatic carbocycles. The number of nitro groups is 1. The van der Waals surface area contributed by atoms with Crippen LogP contribution in [0.5, 0.6) is 5.75 Å². The van der Waals surface area contributed by atoms with Crippen molar-refractivity contribution in [2.24, 2.45) is 5.92 Å². The Morgan fingerprint density at radius 3 is 2.32 bits per heavy atom. The van der Waals surface area contributed by atoms with Crippen LogP contribution in [0.4, 0.5) is 5.69 Å². The van der Waals surface area contributed by atoms with Crippen molar-refractivity contribution in [1.29, 1.82) is 0 Å². The molecule has 2 fully saturated rings. The first kappa shape index (κ1) is 20.1. The monoisotopic (exact) mass is 389 g/mol. The van der Waals surface area contributed by atoms with Crippen molar-refractivity contribution in [3.8, 4) is 5.75 Å². The Labute approximate surface area is 164 Å². The maximum absolute atomic E-state index is 12.6. The molecule has 3 rings (SSSR count). The third-order valence-corrected chi connectivity index (χ3v) is 5.54. The van der Waals surface area contributed by atoms with E-state index in [9.17, 15) is 19.7 Å². The second kappa shape index (κ2) is 9.52. The topological polar surface area (TPSA) is 102 Å². The summed E-state index contributed by atoms with van der Waals surface area (Å²) in [4.78, 5) is 36.8. The van der Waals surface area contributed by atoms with Crippen LogP contribution in [0.2, 0.25) is 0 Å². The number of hydrogen-bond acceptors (Lipinski definition) is 5. The first-order chi connectivity index (χ1) is 13.5. The molecule has 8 heteroatoms. The minimum Gasteiger partial charge on any atom is -0.484 e. The van der Waals surface area contributed by atoms with Crippen LogP contribution in [-0.4, -0.2) is 47.4 Å². The number of nitro benzene ring substituents is 1. The van der Waals surface area contributed by atoms with E-state index in [1.165, 1.54) is 30.7 Å². The van der Waals surface area contributed by atoms with Gasteiger partial charge in [-0.2, -0.15) is 0 Å². The molecule has 0 radical (unpaired) electrons. The summed E-state index contributed by atoms with van der Waals surface area (Å²) >= 11 is 0. The fourth-order valence-corrected chi connectivity index (χ4v) is 3.93. The van der Waals surface area contributed by atoms with Crippen molar-refractivity contribution in [2.45, 2.75) is 51.0 Å². The Morgan fingerprint density at radius 2 is 1.71 bits per heavy atom. The normalized spacial score (nSPS) is 18.5. The van der Waals surface area contributed by atoms with Crippen LogP contribution in [-0.2, 0) is 9.59 Å². The van der Waals surface area contributed by atoms with Gasteiger partial charge in [-0.25, -0.2) is 0 Å². The summed E-state index contributed by atoms with van der Waals surface area (Å²) in [5.74, 6) is 0.657. The molecule has 1 saturated carbocycles. The largest absolute Gasteiger partial charge is 0.484 e. The summed E-state index contributed by atoms with van der Waals surface area (Å²) < 4.78 is 5.38. The van der Waals surface area contributed by atoms with Crippen LogP contribution in [0.25, 0.3) is 0 Å². The molecule has 1 saturated heterocycles. The quantitative estimate of drug-likeness (QED) is 0.595. The van der Waals surface area contributed by atoms with E-state index in [4.69, 9.17) is 4.74 Å². The number of nitrogens with zero attached hydrogens (tertiary/aromatic N) is 2. The van der Waals surface area contributed by atoms with E-state index in [1.54, 1.807) is 0 Å². The average Bonchev–Trinajstić information content (AvgIpc) is 2.73. The summed E-state index contributed by atoms with van der Waals surface area (Å²) in [5.41, 5.74) is -0.0219. The SMILES string of the molecule is O=C(COc1ccc([N+](=O)[O-])cc1)NC1CCN(C(=O)C2CCCCC2)CC1. The minimum atomic E-state index is -0.484. The van der Waals surface area contributed by atoms with E-state index in [-0.39, 0.29) is 36.1 Å². The lowest BCUT2D eigenvalue weighted by atomic mass is 9.87. The molecular formula is C20H27N3O5. The molecule has 1 aliphatic heterocycles. The lowest BCUT2D eigenvalue weighted by Gasteiger charge is -2.35. The maximum atomic E-state index is 12.6. The summed E-state index contributed by atoms with van der Waals surface area (Å²) in [5, 5.41) is 13.6. The van der Waals surface area contributed by atoms with Crippen molar-refractivity contribution in [1.82, 2.24) is 10.2 Å². The third kappa shape index (κ3) is 5.43. The summed E-state index contributed by atoms with van der Waals surface area (Å²) in [6.07, 6.45) is 7.06. The molecule has 1 aromatic carbocycles. The molecule has 1 aromatic rings. The second-order valence-corrected chi connectivity index (χ2v) is 7.54. The molecule has 2 aliphatic rings. The zero-order valence-electron chi connectivity index (χ0n) is 16.0. The number of piperidine rings is 1. The van der Waals surface area contributed by atoms with Gasteiger partial charge >= 0.3 is 0 Å². The van der Waals surface area contributed by atoms with Gasteiger partial charge < -0.3 is 15.0 Å². The predicted molar refractivity (Wildman–Crippen MR) is 103 cm³/mol. The molecule has 0 spiro atoms. The van der Waals surface area contributed by atoms with E-state index < -0.39 is 4.92 Å². The highest BCUT2D eigenvalue weighted by Gasteiger charge is 2.29. The van der Waals surface area contributed by atoms with Crippen molar-refractivity contribution in [3.63, 3.8) is 0 Å². The number of carbonyl (C=O) groups excluding carboxylic acids is 2. The van der Waals surface area contributed by atoms with Gasteiger partial charge in [-0.05, 0) is 37.8 Å². The van der Waals surface area contributed by atoms with E-state index in [0.717, 1.165) is 38.5 Å². The highest BCUT2D eigenvalue weighted by atomic mass is 16.6. The van der Waals surface area contributed by atoms with Crippen LogP contribution in [0.15, 0.2) is 24.3 Å². The van der Waals surface area contributed by atoms with Gasteiger partial charge in [0.2, 0.25) is 5.91 Å². The third-order valence-electron chi connectivity index (χ3n) is 5.54. The van der Waals surface area contributed by atoms with Gasteiger partial charge in [-0.15, -0.1) is 0 Å². The number of ether oxygens (including phenoxy) is 1. The number of carbonyl (C=O) groups is 2. The molecule has 8 nitrogen and oxygen atoms in total. The first-order valence-corrected chi connectivity index (χ1v) is 9.98. The standard InChI is InChI=1S/C20H27N3O5/c24-19(14-28-18-8-6-17(7-9-18)23(26)27)21-16-10-12-22(13-11-16)20(25)15-4-2-1-3-5-15/h6-9,15-16H,1-5,10-14H2,(H,21,24). The lowest BCUT2D eigenvalue weighted by Crippen LogP contribution is -2.49. The van der Waals surface area contributed by atoms with Gasteiger partial charge in [0.1, 0.15) is 5.75 Å². The Morgan fingerprint density at radius 1 is 1.07 bits per heavy atom. The Balaban J connectivity index is 1.37. The smallest absolute Gasteiger partial charge is 0.269 e. The van der Waals surface area contributed by atoms with Gasteiger partial charge in [0, 0.05) is 37.2 Å². The zero-order valence-corrected chi connectivity index (χ0v) is 16.0. The van der Waals surface area contributed by atoms with Gasteiger partial charge in [-0.1, -0.05) is 19.3 Å². The number of nitrogens with one attached hydrogen (secondary N) is 1. The van der Waals surface area contributed by atoms with Gasteiger partial charge in [0.25, 0.3) is 11.6 Å². The number of non-ortho nitro benzene ring substituents is 1. The van der Waals surface area contributed by atoms with Gasteiger partial charge in [0.15, 0.2) is 6.61 Å². The zero-order chi connectivity index (χ0) is 19.9. The molecular weight excluding hydrogens is 362 g/mol. The van der Waals surface area contributed by atoms with E-state index in [0.29, 0.717) is 18.8 Å². The molecule has 0 aromatic heterocycles. The molecule has 2 amide bonds. The van der Waals surface area contributed by atoms with Crippen LogP contribution >= 0.6 is 0 Å². The predicted octanol–water partition coefficient (Wildman–Crippen LogP) is 2.66. The van der Waals surface area contributed by atoms with Gasteiger partial charge in [0.05, 0.1) is 4.92 Å². The van der Waals surface area contributed by atoms with E-state index >= 15 is 0 Å². The summed E-state index contributed by atoms with van der Waals surface area (Å²) in [6.45, 7) is 1.23. The first-order valence-electron chi connectivity index (χ1n) is 9.98. The average molecular weight is 389 g/mol. The molecule has 0 unspecified atom stereocenters. The second-order valence-electron chi connectivity index (χ2n) is 7.54. The van der Waals surface area contributed by atoms with Crippen LogP contribution < -0.4 is 10.1 Å². The van der Waals surface area contributed by atoms with Crippen molar-refractivity contribution in [2.75, 3.05) is 19.7 Å². The minimum absolute atomic E-state index is 0.0219. The Bertz CT molecular complexity index is 692. The van der Waals surface area contributed by atoms with Crippen molar-refractivity contribution in [3.05, 3.63) is 34.4 Å². The molecule has 0 bridgehead atoms. The molecule has 1 heterocycles. The Hall–Kier alpha value is -2.64.